The monoisotopic (exact) mass is 246 g/mol. The van der Waals surface area contributed by atoms with Gasteiger partial charge in [0.05, 0.1) is 0 Å². The summed E-state index contributed by atoms with van der Waals surface area (Å²) >= 11 is 0. The van der Waals surface area contributed by atoms with E-state index in [2.05, 4.69) is 49.1 Å². The maximum atomic E-state index is 6.27. The molecule has 0 aliphatic carbocycles. The molecule has 2 rings (SSSR count). The molecule has 1 aliphatic heterocycles. The molecule has 0 spiro atoms. The van der Waals surface area contributed by atoms with Crippen LogP contribution >= 0.6 is 0 Å². The quantitative estimate of drug-likeness (QED) is 0.865. The SMILES string of the molecule is CC(C)C1CCN(C[C@@H](N)Cc2ccccc2)C1. The first-order chi connectivity index (χ1) is 8.65. The molecule has 1 aromatic carbocycles. The highest BCUT2D eigenvalue weighted by molar-refractivity contribution is 5.15. The van der Waals surface area contributed by atoms with Crippen LogP contribution in [0.25, 0.3) is 0 Å². The third-order valence-corrected chi connectivity index (χ3v) is 4.09. The maximum absolute atomic E-state index is 6.27. The molecule has 100 valence electrons. The van der Waals surface area contributed by atoms with Crippen molar-refractivity contribution in [2.24, 2.45) is 17.6 Å². The molecule has 1 fully saturated rings. The van der Waals surface area contributed by atoms with Crippen molar-refractivity contribution in [2.45, 2.75) is 32.7 Å². The lowest BCUT2D eigenvalue weighted by Crippen LogP contribution is -2.38. The minimum atomic E-state index is 0.262. The molecule has 1 aliphatic rings. The summed E-state index contributed by atoms with van der Waals surface area (Å²) in [6, 6.07) is 10.8. The Bertz CT molecular complexity index is 347. The van der Waals surface area contributed by atoms with Gasteiger partial charge in [-0.05, 0) is 36.8 Å². The van der Waals surface area contributed by atoms with E-state index in [0.29, 0.717) is 0 Å². The number of likely N-dealkylation sites (tertiary alicyclic amines) is 1. The second-order valence-corrected chi connectivity index (χ2v) is 6.00. The zero-order chi connectivity index (χ0) is 13.0. The van der Waals surface area contributed by atoms with E-state index in [1.807, 2.05) is 0 Å². The van der Waals surface area contributed by atoms with Gasteiger partial charge < -0.3 is 10.6 Å². The first kappa shape index (κ1) is 13.6. The summed E-state index contributed by atoms with van der Waals surface area (Å²) in [7, 11) is 0. The molecule has 1 aromatic rings. The Morgan fingerprint density at radius 1 is 1.28 bits per heavy atom. The number of nitrogens with two attached hydrogens (primary N) is 1. The predicted molar refractivity (Wildman–Crippen MR) is 77.5 cm³/mol. The summed E-state index contributed by atoms with van der Waals surface area (Å²) in [5.41, 5.74) is 7.62. The molecule has 0 aromatic heterocycles. The normalized spacial score (nSPS) is 22.6. The molecular weight excluding hydrogens is 220 g/mol. The van der Waals surface area contributed by atoms with Crippen molar-refractivity contribution in [1.29, 1.82) is 0 Å². The van der Waals surface area contributed by atoms with Gasteiger partial charge in [-0.15, -0.1) is 0 Å². The van der Waals surface area contributed by atoms with Gasteiger partial charge >= 0.3 is 0 Å². The summed E-state index contributed by atoms with van der Waals surface area (Å²) in [4.78, 5) is 2.54. The van der Waals surface area contributed by atoms with Crippen LogP contribution in [0.4, 0.5) is 0 Å². The third kappa shape index (κ3) is 3.82. The molecule has 2 atom stereocenters. The van der Waals surface area contributed by atoms with Crippen molar-refractivity contribution >= 4 is 0 Å². The van der Waals surface area contributed by atoms with Gasteiger partial charge in [0, 0.05) is 19.1 Å². The van der Waals surface area contributed by atoms with E-state index in [1.54, 1.807) is 0 Å². The van der Waals surface area contributed by atoms with Gasteiger partial charge in [-0.2, -0.15) is 0 Å². The van der Waals surface area contributed by atoms with Crippen molar-refractivity contribution in [3.63, 3.8) is 0 Å². The minimum absolute atomic E-state index is 0.262. The molecule has 0 amide bonds. The van der Waals surface area contributed by atoms with Crippen LogP contribution in [0, 0.1) is 11.8 Å². The Hall–Kier alpha value is -0.860. The molecule has 18 heavy (non-hydrogen) atoms. The number of nitrogens with zero attached hydrogens (tertiary/aromatic N) is 1. The Morgan fingerprint density at radius 3 is 2.61 bits per heavy atom. The molecule has 2 heteroatoms. The largest absolute Gasteiger partial charge is 0.326 e. The topological polar surface area (TPSA) is 29.3 Å². The van der Waals surface area contributed by atoms with E-state index in [-0.39, 0.29) is 6.04 Å². The van der Waals surface area contributed by atoms with Crippen molar-refractivity contribution in [2.75, 3.05) is 19.6 Å². The van der Waals surface area contributed by atoms with Gasteiger partial charge in [-0.25, -0.2) is 0 Å². The fourth-order valence-corrected chi connectivity index (χ4v) is 2.89. The second kappa shape index (κ2) is 6.35. The van der Waals surface area contributed by atoms with Crippen LogP contribution in [-0.4, -0.2) is 30.6 Å². The first-order valence-electron chi connectivity index (χ1n) is 7.17. The molecule has 1 heterocycles. The van der Waals surface area contributed by atoms with Crippen LogP contribution < -0.4 is 5.73 Å². The second-order valence-electron chi connectivity index (χ2n) is 6.00. The Labute approximate surface area is 111 Å². The summed E-state index contributed by atoms with van der Waals surface area (Å²) in [5, 5.41) is 0. The van der Waals surface area contributed by atoms with Crippen LogP contribution in [-0.2, 0) is 6.42 Å². The summed E-state index contributed by atoms with van der Waals surface area (Å²) in [5.74, 6) is 1.68. The molecule has 0 saturated carbocycles. The Balaban J connectivity index is 1.77. The number of benzene rings is 1. The van der Waals surface area contributed by atoms with Crippen LogP contribution in [0.5, 0.6) is 0 Å². The maximum Gasteiger partial charge on any atom is 0.0208 e. The molecule has 0 radical (unpaired) electrons. The molecule has 0 bridgehead atoms. The number of rotatable bonds is 5. The zero-order valence-electron chi connectivity index (χ0n) is 11.7. The smallest absolute Gasteiger partial charge is 0.0208 e. The van der Waals surface area contributed by atoms with E-state index in [4.69, 9.17) is 5.73 Å². The highest BCUT2D eigenvalue weighted by Gasteiger charge is 2.25. The summed E-state index contributed by atoms with van der Waals surface area (Å²) < 4.78 is 0. The first-order valence-corrected chi connectivity index (χ1v) is 7.17. The van der Waals surface area contributed by atoms with E-state index < -0.39 is 0 Å². The number of hydrogen-bond donors (Lipinski definition) is 1. The fraction of sp³-hybridized carbons (Fsp3) is 0.625. The van der Waals surface area contributed by atoms with Gasteiger partial charge in [-0.3, -0.25) is 0 Å². The number of hydrogen-bond acceptors (Lipinski definition) is 2. The predicted octanol–water partition coefficient (Wildman–Crippen LogP) is 2.53. The summed E-state index contributed by atoms with van der Waals surface area (Å²) in [6.07, 6.45) is 2.33. The van der Waals surface area contributed by atoms with E-state index in [1.165, 1.54) is 25.1 Å². The van der Waals surface area contributed by atoms with Crippen LogP contribution in [0.1, 0.15) is 25.8 Å². The van der Waals surface area contributed by atoms with Gasteiger partial charge in [0.2, 0.25) is 0 Å². The fourth-order valence-electron chi connectivity index (χ4n) is 2.89. The minimum Gasteiger partial charge on any atom is -0.326 e. The average molecular weight is 246 g/mol. The van der Waals surface area contributed by atoms with Gasteiger partial charge in [0.15, 0.2) is 0 Å². The molecule has 2 N–H and O–H groups in total. The molecule has 1 saturated heterocycles. The van der Waals surface area contributed by atoms with Crippen LogP contribution in [0.3, 0.4) is 0 Å². The van der Waals surface area contributed by atoms with Gasteiger partial charge in [0.25, 0.3) is 0 Å². The zero-order valence-corrected chi connectivity index (χ0v) is 11.7. The van der Waals surface area contributed by atoms with Crippen LogP contribution in [0.15, 0.2) is 30.3 Å². The summed E-state index contributed by atoms with van der Waals surface area (Å²) in [6.45, 7) is 8.17. The standard InChI is InChI=1S/C16H26N2/c1-13(2)15-8-9-18(11-15)12-16(17)10-14-6-4-3-5-7-14/h3-7,13,15-16H,8-12,17H2,1-2H3/t15?,16-/m0/s1. The third-order valence-electron chi connectivity index (χ3n) is 4.09. The average Bonchev–Trinajstić information content (AvgIpc) is 2.78. The molecule has 1 unspecified atom stereocenters. The lowest BCUT2D eigenvalue weighted by atomic mass is 9.95. The van der Waals surface area contributed by atoms with Crippen LogP contribution in [0.2, 0.25) is 0 Å². The Morgan fingerprint density at radius 2 is 2.00 bits per heavy atom. The lowest BCUT2D eigenvalue weighted by molar-refractivity contribution is 0.285. The van der Waals surface area contributed by atoms with E-state index in [9.17, 15) is 0 Å². The Kier molecular flexibility index (Phi) is 4.79. The van der Waals surface area contributed by atoms with Crippen molar-refractivity contribution in [3.8, 4) is 0 Å². The van der Waals surface area contributed by atoms with Crippen molar-refractivity contribution in [3.05, 3.63) is 35.9 Å². The van der Waals surface area contributed by atoms with Gasteiger partial charge in [-0.1, -0.05) is 44.2 Å². The highest BCUT2D eigenvalue weighted by Crippen LogP contribution is 2.23. The van der Waals surface area contributed by atoms with Gasteiger partial charge in [0.1, 0.15) is 0 Å². The van der Waals surface area contributed by atoms with Crippen molar-refractivity contribution in [1.82, 2.24) is 4.90 Å². The molecule has 2 nitrogen and oxygen atoms in total. The molecular formula is C16H26N2. The van der Waals surface area contributed by atoms with Crippen molar-refractivity contribution < 1.29 is 0 Å². The lowest BCUT2D eigenvalue weighted by Gasteiger charge is -2.21. The van der Waals surface area contributed by atoms with E-state index in [0.717, 1.165) is 24.8 Å². The highest BCUT2D eigenvalue weighted by atomic mass is 15.2. The van der Waals surface area contributed by atoms with E-state index >= 15 is 0 Å².